The largest absolute Gasteiger partial charge is 0.463 e. The number of nitrogens with two attached hydrogens (primary N) is 1. The third-order valence-electron chi connectivity index (χ3n) is 8.44. The molecule has 11 nitrogen and oxygen atoms in total. The molecule has 0 aliphatic carbocycles. The summed E-state index contributed by atoms with van der Waals surface area (Å²) in [5.74, 6) is 2.46. The van der Waals surface area contributed by atoms with E-state index < -0.39 is 0 Å². The average Bonchev–Trinajstić information content (AvgIpc) is 3.57. The Morgan fingerprint density at radius 2 is 1.84 bits per heavy atom. The molecule has 0 bridgehead atoms. The van der Waals surface area contributed by atoms with E-state index in [4.69, 9.17) is 15.0 Å². The van der Waals surface area contributed by atoms with Crippen LogP contribution >= 0.6 is 0 Å². The predicted octanol–water partition coefficient (Wildman–Crippen LogP) is 2.83. The summed E-state index contributed by atoms with van der Waals surface area (Å²) in [6.45, 7) is 11.1. The minimum atomic E-state index is -0.0640. The van der Waals surface area contributed by atoms with Gasteiger partial charge < -0.3 is 29.7 Å². The van der Waals surface area contributed by atoms with Gasteiger partial charge in [0, 0.05) is 51.1 Å². The Morgan fingerprint density at radius 1 is 1.08 bits per heavy atom. The lowest BCUT2D eigenvalue weighted by Gasteiger charge is -2.34. The molecule has 3 aliphatic rings. The molecule has 38 heavy (non-hydrogen) atoms. The van der Waals surface area contributed by atoms with Gasteiger partial charge in [0.15, 0.2) is 5.82 Å². The van der Waals surface area contributed by atoms with Gasteiger partial charge in [-0.05, 0) is 43.9 Å². The molecule has 0 spiro atoms. The van der Waals surface area contributed by atoms with Crippen molar-refractivity contribution >= 4 is 17.6 Å². The second-order valence-corrected chi connectivity index (χ2v) is 11.4. The van der Waals surface area contributed by atoms with Crippen LogP contribution in [-0.4, -0.2) is 82.3 Å². The van der Waals surface area contributed by atoms with Crippen LogP contribution in [0.25, 0.3) is 0 Å². The van der Waals surface area contributed by atoms with E-state index in [9.17, 15) is 4.79 Å². The van der Waals surface area contributed by atoms with Gasteiger partial charge >= 0.3 is 12.0 Å². The Labute approximate surface area is 225 Å². The molecule has 0 aromatic carbocycles. The standard InChI is InChI=1S/C27H42N8O3/c1-18(2)25-31-27(38-32-25)33-11-7-20(8-12-33)19(3)9-13-37-26-29-14-21(15-30-26)34-16-22(28)23(17-34)35-10-5-4-6-24(35)36/h14-15,18-20,22-23H,4-13,16-17,28H2,1-3H3/t19?,22-,23-/m0/s1. The summed E-state index contributed by atoms with van der Waals surface area (Å²) < 4.78 is 11.4. The third-order valence-corrected chi connectivity index (χ3v) is 8.44. The molecule has 0 radical (unpaired) electrons. The molecule has 3 fully saturated rings. The van der Waals surface area contributed by atoms with Gasteiger partial charge in [-0.1, -0.05) is 25.9 Å². The zero-order valence-electron chi connectivity index (χ0n) is 23.0. The van der Waals surface area contributed by atoms with Gasteiger partial charge in [0.05, 0.1) is 30.7 Å². The number of hydrogen-bond donors (Lipinski definition) is 1. The number of likely N-dealkylation sites (tertiary alicyclic amines) is 1. The fraction of sp³-hybridized carbons (Fsp3) is 0.741. The van der Waals surface area contributed by atoms with Crippen LogP contribution in [0.15, 0.2) is 16.9 Å². The summed E-state index contributed by atoms with van der Waals surface area (Å²) in [5, 5.41) is 4.09. The quantitative estimate of drug-likeness (QED) is 0.521. The number of anilines is 2. The summed E-state index contributed by atoms with van der Waals surface area (Å²) in [4.78, 5) is 32.1. The van der Waals surface area contributed by atoms with Crippen molar-refractivity contribution < 1.29 is 14.1 Å². The summed E-state index contributed by atoms with van der Waals surface area (Å²) in [5.41, 5.74) is 7.34. The molecule has 5 heterocycles. The summed E-state index contributed by atoms with van der Waals surface area (Å²) in [6.07, 6.45) is 9.45. The van der Waals surface area contributed by atoms with Gasteiger partial charge in [-0.3, -0.25) is 4.79 Å². The average molecular weight is 527 g/mol. The highest BCUT2D eigenvalue weighted by Crippen LogP contribution is 2.30. The number of hydrogen-bond acceptors (Lipinski definition) is 10. The van der Waals surface area contributed by atoms with Gasteiger partial charge in [0.2, 0.25) is 5.91 Å². The van der Waals surface area contributed by atoms with E-state index in [2.05, 4.69) is 50.7 Å². The van der Waals surface area contributed by atoms with Gasteiger partial charge in [-0.25, -0.2) is 9.97 Å². The van der Waals surface area contributed by atoms with Crippen LogP contribution in [0.2, 0.25) is 0 Å². The van der Waals surface area contributed by atoms with E-state index in [1.54, 1.807) is 12.4 Å². The van der Waals surface area contributed by atoms with Crippen molar-refractivity contribution in [1.29, 1.82) is 0 Å². The number of ether oxygens (including phenoxy) is 1. The topological polar surface area (TPSA) is 127 Å². The number of nitrogens with zero attached hydrogens (tertiary/aromatic N) is 7. The van der Waals surface area contributed by atoms with Crippen molar-refractivity contribution in [3.05, 3.63) is 18.2 Å². The van der Waals surface area contributed by atoms with Gasteiger partial charge in [0.1, 0.15) is 0 Å². The van der Waals surface area contributed by atoms with E-state index >= 15 is 0 Å². The van der Waals surface area contributed by atoms with Crippen molar-refractivity contribution in [2.75, 3.05) is 49.1 Å². The fourth-order valence-corrected chi connectivity index (χ4v) is 5.90. The summed E-state index contributed by atoms with van der Waals surface area (Å²) in [7, 11) is 0. The predicted molar refractivity (Wildman–Crippen MR) is 144 cm³/mol. The second-order valence-electron chi connectivity index (χ2n) is 11.4. The van der Waals surface area contributed by atoms with E-state index in [-0.39, 0.29) is 23.9 Å². The zero-order chi connectivity index (χ0) is 26.6. The minimum Gasteiger partial charge on any atom is -0.463 e. The molecule has 0 saturated carbocycles. The van der Waals surface area contributed by atoms with Gasteiger partial charge in [-0.15, -0.1) is 0 Å². The van der Waals surface area contributed by atoms with E-state index in [1.807, 2.05) is 4.90 Å². The molecule has 3 aliphatic heterocycles. The third kappa shape index (κ3) is 6.03. The molecule has 1 unspecified atom stereocenters. The number of aromatic nitrogens is 4. The van der Waals surface area contributed by atoms with Gasteiger partial charge in [0.25, 0.3) is 0 Å². The van der Waals surface area contributed by atoms with Crippen LogP contribution in [0.5, 0.6) is 6.01 Å². The van der Waals surface area contributed by atoms with Crippen LogP contribution in [0.3, 0.4) is 0 Å². The van der Waals surface area contributed by atoms with Crippen molar-refractivity contribution in [2.45, 2.75) is 77.3 Å². The first-order valence-corrected chi connectivity index (χ1v) is 14.2. The zero-order valence-corrected chi connectivity index (χ0v) is 23.0. The monoisotopic (exact) mass is 526 g/mol. The van der Waals surface area contributed by atoms with Crippen molar-refractivity contribution in [1.82, 2.24) is 25.0 Å². The number of rotatable bonds is 9. The van der Waals surface area contributed by atoms with Crippen LogP contribution < -0.4 is 20.3 Å². The summed E-state index contributed by atoms with van der Waals surface area (Å²) in [6, 6.07) is 1.04. The normalized spacial score (nSPS) is 23.9. The lowest BCUT2D eigenvalue weighted by atomic mass is 9.84. The lowest BCUT2D eigenvalue weighted by Crippen LogP contribution is -2.51. The molecule has 11 heteroatoms. The maximum absolute atomic E-state index is 12.4. The molecule has 2 aromatic heterocycles. The molecule has 5 rings (SSSR count). The maximum Gasteiger partial charge on any atom is 0.324 e. The maximum atomic E-state index is 12.4. The Balaban J connectivity index is 1.04. The molecule has 208 valence electrons. The van der Waals surface area contributed by atoms with Crippen LogP contribution in [0.4, 0.5) is 11.7 Å². The smallest absolute Gasteiger partial charge is 0.324 e. The summed E-state index contributed by atoms with van der Waals surface area (Å²) >= 11 is 0. The molecule has 3 saturated heterocycles. The highest BCUT2D eigenvalue weighted by Gasteiger charge is 2.37. The minimum absolute atomic E-state index is 0.0524. The van der Waals surface area contributed by atoms with Crippen molar-refractivity contribution in [3.63, 3.8) is 0 Å². The highest BCUT2D eigenvalue weighted by molar-refractivity contribution is 5.77. The van der Waals surface area contributed by atoms with Crippen molar-refractivity contribution in [3.8, 4) is 6.01 Å². The van der Waals surface area contributed by atoms with Crippen LogP contribution in [-0.2, 0) is 4.79 Å². The van der Waals surface area contributed by atoms with Crippen LogP contribution in [0.1, 0.15) is 71.0 Å². The van der Waals surface area contributed by atoms with E-state index in [1.165, 1.54) is 0 Å². The number of carbonyl (C=O) groups excluding carboxylic acids is 1. The Kier molecular flexibility index (Phi) is 8.30. The Bertz CT molecular complexity index is 1050. The Hall–Kier alpha value is -2.95. The first-order chi connectivity index (χ1) is 18.4. The number of piperidine rings is 2. The fourth-order valence-electron chi connectivity index (χ4n) is 5.90. The Morgan fingerprint density at radius 3 is 2.53 bits per heavy atom. The SMILES string of the molecule is CC(C)c1noc(N2CCC(C(C)CCOc3ncc(N4C[C@H](N)[C@@H](N5CCCCC5=O)C4)cn3)CC2)n1. The second kappa shape index (κ2) is 11.8. The number of carbonyl (C=O) groups is 1. The van der Waals surface area contributed by atoms with E-state index in [0.29, 0.717) is 43.4 Å². The first-order valence-electron chi connectivity index (χ1n) is 14.2. The molecule has 3 atom stereocenters. The lowest BCUT2D eigenvalue weighted by molar-refractivity contribution is -0.135. The molecule has 2 N–H and O–H groups in total. The van der Waals surface area contributed by atoms with E-state index in [0.717, 1.165) is 69.8 Å². The highest BCUT2D eigenvalue weighted by atomic mass is 16.5. The number of amides is 1. The molecule has 1 amide bonds. The molecular formula is C27H42N8O3. The first kappa shape index (κ1) is 26.6. The molecule has 2 aromatic rings. The molecular weight excluding hydrogens is 484 g/mol. The van der Waals surface area contributed by atoms with Gasteiger partial charge in [-0.2, -0.15) is 4.98 Å². The van der Waals surface area contributed by atoms with Crippen LogP contribution in [0, 0.1) is 11.8 Å². The van der Waals surface area contributed by atoms with Crippen molar-refractivity contribution in [2.24, 2.45) is 17.6 Å².